The number of pyridine rings is 1. The Morgan fingerprint density at radius 1 is 1.00 bits per heavy atom. The molecule has 0 spiro atoms. The SMILES string of the molecule is S=c1ccc(-c2cc3ccccc3[nH]2)c[nH]1. The van der Waals surface area contributed by atoms with E-state index < -0.39 is 0 Å². The van der Waals surface area contributed by atoms with Crippen LogP contribution in [0.5, 0.6) is 0 Å². The number of hydrogen-bond acceptors (Lipinski definition) is 1. The smallest absolute Gasteiger partial charge is 0.103 e. The van der Waals surface area contributed by atoms with Gasteiger partial charge in [-0.15, -0.1) is 0 Å². The molecule has 3 rings (SSSR count). The van der Waals surface area contributed by atoms with Gasteiger partial charge in [-0.1, -0.05) is 30.4 Å². The molecule has 0 aliphatic heterocycles. The first-order chi connectivity index (χ1) is 7.83. The van der Waals surface area contributed by atoms with Crippen molar-refractivity contribution in [1.82, 2.24) is 9.97 Å². The molecule has 1 aromatic carbocycles. The van der Waals surface area contributed by atoms with E-state index in [0.29, 0.717) is 0 Å². The Morgan fingerprint density at radius 3 is 2.62 bits per heavy atom. The van der Waals surface area contributed by atoms with Gasteiger partial charge in [0.15, 0.2) is 0 Å². The predicted octanol–water partition coefficient (Wildman–Crippen LogP) is 3.89. The molecular formula is C13H10N2S. The first-order valence-corrected chi connectivity index (χ1v) is 5.51. The zero-order valence-corrected chi connectivity index (χ0v) is 9.34. The van der Waals surface area contributed by atoms with Gasteiger partial charge in [0.1, 0.15) is 4.64 Å². The van der Waals surface area contributed by atoms with E-state index in [1.165, 1.54) is 5.39 Å². The first kappa shape index (κ1) is 9.36. The lowest BCUT2D eigenvalue weighted by Gasteiger charge is -1.95. The van der Waals surface area contributed by atoms with Crippen LogP contribution in [0.25, 0.3) is 22.2 Å². The van der Waals surface area contributed by atoms with Crippen LogP contribution >= 0.6 is 12.2 Å². The van der Waals surface area contributed by atoms with Crippen LogP contribution in [0.1, 0.15) is 0 Å². The van der Waals surface area contributed by atoms with E-state index in [2.05, 4.69) is 28.2 Å². The molecule has 0 radical (unpaired) electrons. The number of aromatic nitrogens is 2. The average molecular weight is 226 g/mol. The van der Waals surface area contributed by atoms with Crippen LogP contribution < -0.4 is 0 Å². The van der Waals surface area contributed by atoms with E-state index in [0.717, 1.165) is 21.4 Å². The van der Waals surface area contributed by atoms with Crippen LogP contribution in [0.2, 0.25) is 0 Å². The number of nitrogens with one attached hydrogen (secondary N) is 2. The summed E-state index contributed by atoms with van der Waals surface area (Å²) >= 11 is 5.02. The topological polar surface area (TPSA) is 31.6 Å². The highest BCUT2D eigenvalue weighted by Gasteiger charge is 2.01. The number of H-pyrrole nitrogens is 2. The zero-order chi connectivity index (χ0) is 11.0. The Bertz CT molecular complexity index is 641. The number of fused-ring (bicyclic) bond motifs is 1. The van der Waals surface area contributed by atoms with Gasteiger partial charge >= 0.3 is 0 Å². The standard InChI is InChI=1S/C13H10N2S/c16-13-6-5-10(8-14-13)12-7-9-3-1-2-4-11(9)15-12/h1-8,15H,(H,14,16). The lowest BCUT2D eigenvalue weighted by Crippen LogP contribution is -1.79. The van der Waals surface area contributed by atoms with Crippen LogP contribution in [-0.4, -0.2) is 9.97 Å². The summed E-state index contributed by atoms with van der Waals surface area (Å²) in [5, 5.41) is 1.22. The van der Waals surface area contributed by atoms with Gasteiger partial charge in [-0.2, -0.15) is 0 Å². The summed E-state index contributed by atoms with van der Waals surface area (Å²) in [6.07, 6.45) is 1.92. The molecular weight excluding hydrogens is 216 g/mol. The number of benzene rings is 1. The molecule has 3 heteroatoms. The van der Waals surface area contributed by atoms with Crippen molar-refractivity contribution in [1.29, 1.82) is 0 Å². The maximum atomic E-state index is 5.02. The van der Waals surface area contributed by atoms with Gasteiger partial charge in [0, 0.05) is 28.4 Å². The molecule has 2 N–H and O–H groups in total. The molecule has 0 unspecified atom stereocenters. The summed E-state index contributed by atoms with van der Waals surface area (Å²) in [5.74, 6) is 0. The molecule has 78 valence electrons. The third-order valence-electron chi connectivity index (χ3n) is 2.63. The van der Waals surface area contributed by atoms with Crippen LogP contribution in [0, 0.1) is 4.64 Å². The minimum Gasteiger partial charge on any atom is -0.354 e. The summed E-state index contributed by atoms with van der Waals surface area (Å²) in [6.45, 7) is 0. The van der Waals surface area contributed by atoms with Crippen molar-refractivity contribution in [3.05, 3.63) is 53.3 Å². The van der Waals surface area contributed by atoms with Gasteiger partial charge < -0.3 is 9.97 Å². The quantitative estimate of drug-likeness (QED) is 0.606. The summed E-state index contributed by atoms with van der Waals surface area (Å²) < 4.78 is 0.750. The van der Waals surface area contributed by atoms with E-state index in [-0.39, 0.29) is 0 Å². The summed E-state index contributed by atoms with van der Waals surface area (Å²) in [4.78, 5) is 6.41. The average Bonchev–Trinajstić information content (AvgIpc) is 2.73. The molecule has 0 bridgehead atoms. The van der Waals surface area contributed by atoms with Crippen molar-refractivity contribution in [3.63, 3.8) is 0 Å². The Balaban J connectivity index is 2.19. The molecule has 0 atom stereocenters. The van der Waals surface area contributed by atoms with Crippen molar-refractivity contribution in [3.8, 4) is 11.3 Å². The minimum atomic E-state index is 0.750. The fourth-order valence-electron chi connectivity index (χ4n) is 1.81. The monoisotopic (exact) mass is 226 g/mol. The molecule has 0 saturated heterocycles. The Kier molecular flexibility index (Phi) is 2.11. The second-order valence-electron chi connectivity index (χ2n) is 3.71. The van der Waals surface area contributed by atoms with Crippen molar-refractivity contribution < 1.29 is 0 Å². The van der Waals surface area contributed by atoms with E-state index in [1.54, 1.807) is 0 Å². The number of hydrogen-bond donors (Lipinski definition) is 2. The maximum Gasteiger partial charge on any atom is 0.103 e. The maximum absolute atomic E-state index is 5.02. The van der Waals surface area contributed by atoms with Gasteiger partial charge in [0.25, 0.3) is 0 Å². The predicted molar refractivity (Wildman–Crippen MR) is 68.9 cm³/mol. The molecule has 16 heavy (non-hydrogen) atoms. The fraction of sp³-hybridized carbons (Fsp3) is 0. The van der Waals surface area contributed by atoms with Crippen LogP contribution in [0.3, 0.4) is 0 Å². The molecule has 3 aromatic rings. The number of rotatable bonds is 1. The van der Waals surface area contributed by atoms with Crippen molar-refractivity contribution >= 4 is 23.1 Å². The fourth-order valence-corrected chi connectivity index (χ4v) is 1.93. The number of aromatic amines is 2. The molecule has 2 aromatic heterocycles. The van der Waals surface area contributed by atoms with Gasteiger partial charge in [-0.25, -0.2) is 0 Å². The lowest BCUT2D eigenvalue weighted by molar-refractivity contribution is 1.29. The van der Waals surface area contributed by atoms with E-state index in [9.17, 15) is 0 Å². The van der Waals surface area contributed by atoms with Crippen molar-refractivity contribution in [2.24, 2.45) is 0 Å². The summed E-state index contributed by atoms with van der Waals surface area (Å²) in [7, 11) is 0. The van der Waals surface area contributed by atoms with E-state index >= 15 is 0 Å². The Labute approximate surface area is 98.0 Å². The third-order valence-corrected chi connectivity index (χ3v) is 2.88. The zero-order valence-electron chi connectivity index (χ0n) is 8.53. The largest absolute Gasteiger partial charge is 0.354 e. The highest BCUT2D eigenvalue weighted by molar-refractivity contribution is 7.71. The number of para-hydroxylation sites is 1. The van der Waals surface area contributed by atoms with E-state index in [1.807, 2.05) is 30.5 Å². The Morgan fingerprint density at radius 2 is 1.88 bits per heavy atom. The molecule has 2 nitrogen and oxygen atoms in total. The molecule has 0 aliphatic carbocycles. The summed E-state index contributed by atoms with van der Waals surface area (Å²) in [5.41, 5.74) is 3.37. The highest BCUT2D eigenvalue weighted by Crippen LogP contribution is 2.22. The minimum absolute atomic E-state index is 0.750. The van der Waals surface area contributed by atoms with Crippen molar-refractivity contribution in [2.45, 2.75) is 0 Å². The van der Waals surface area contributed by atoms with Crippen LogP contribution in [0.4, 0.5) is 0 Å². The van der Waals surface area contributed by atoms with E-state index in [4.69, 9.17) is 12.2 Å². The molecule has 0 amide bonds. The molecule has 0 aliphatic rings. The van der Waals surface area contributed by atoms with Crippen molar-refractivity contribution in [2.75, 3.05) is 0 Å². The normalized spacial score (nSPS) is 10.8. The van der Waals surface area contributed by atoms with Gasteiger partial charge in [-0.05, 0) is 24.3 Å². The lowest BCUT2D eigenvalue weighted by atomic mass is 10.2. The second-order valence-corrected chi connectivity index (χ2v) is 4.15. The van der Waals surface area contributed by atoms with Gasteiger partial charge in [0.05, 0.1) is 0 Å². The van der Waals surface area contributed by atoms with Gasteiger partial charge in [-0.3, -0.25) is 0 Å². The van der Waals surface area contributed by atoms with Crippen LogP contribution in [0.15, 0.2) is 48.7 Å². The van der Waals surface area contributed by atoms with Crippen LogP contribution in [-0.2, 0) is 0 Å². The summed E-state index contributed by atoms with van der Waals surface area (Å²) in [6, 6.07) is 14.3. The second kappa shape index (κ2) is 3.61. The van der Waals surface area contributed by atoms with Gasteiger partial charge in [0.2, 0.25) is 0 Å². The molecule has 0 fully saturated rings. The highest BCUT2D eigenvalue weighted by atomic mass is 32.1. The Hall–Kier alpha value is -1.87. The molecule has 0 saturated carbocycles. The molecule has 2 heterocycles. The third kappa shape index (κ3) is 1.55. The first-order valence-electron chi connectivity index (χ1n) is 5.10.